The van der Waals surface area contributed by atoms with Gasteiger partial charge < -0.3 is 15.7 Å². The lowest BCUT2D eigenvalue weighted by atomic mass is 10.1. The van der Waals surface area contributed by atoms with Crippen LogP contribution in [-0.2, 0) is 4.79 Å². The van der Waals surface area contributed by atoms with E-state index in [9.17, 15) is 14.7 Å². The van der Waals surface area contributed by atoms with Gasteiger partial charge in [0.05, 0.1) is 0 Å². The standard InChI is InChI=1S/C13H16N2O3/c1-8-7-9(16)4-5-10(8)13(18)15-6-2-3-11(15)12(14)17/h4-5,7,11,16H,2-3,6H2,1H3,(H2,14,17). The van der Waals surface area contributed by atoms with Gasteiger partial charge in [-0.3, -0.25) is 9.59 Å². The first-order valence-corrected chi connectivity index (χ1v) is 5.90. The number of aromatic hydroxyl groups is 1. The number of likely N-dealkylation sites (tertiary alicyclic amines) is 1. The Bertz CT molecular complexity index is 499. The number of carbonyl (C=O) groups excluding carboxylic acids is 2. The zero-order chi connectivity index (χ0) is 13.3. The van der Waals surface area contributed by atoms with Crippen molar-refractivity contribution in [3.8, 4) is 5.75 Å². The number of amides is 2. The molecule has 0 bridgehead atoms. The molecule has 3 N–H and O–H groups in total. The second-order valence-corrected chi connectivity index (χ2v) is 4.56. The second-order valence-electron chi connectivity index (χ2n) is 4.56. The van der Waals surface area contributed by atoms with Crippen LogP contribution in [0.15, 0.2) is 18.2 Å². The minimum atomic E-state index is -0.509. The van der Waals surface area contributed by atoms with Gasteiger partial charge in [-0.25, -0.2) is 0 Å². The predicted octanol–water partition coefficient (Wildman–Crippen LogP) is 0.791. The fourth-order valence-corrected chi connectivity index (χ4v) is 2.35. The van der Waals surface area contributed by atoms with Crippen LogP contribution in [0.4, 0.5) is 0 Å². The third-order valence-corrected chi connectivity index (χ3v) is 3.28. The normalized spacial score (nSPS) is 18.9. The first-order valence-electron chi connectivity index (χ1n) is 5.90. The summed E-state index contributed by atoms with van der Waals surface area (Å²) in [5.74, 6) is -0.539. The Balaban J connectivity index is 2.28. The Hall–Kier alpha value is -2.04. The third-order valence-electron chi connectivity index (χ3n) is 3.28. The average molecular weight is 248 g/mol. The van der Waals surface area contributed by atoms with Crippen molar-refractivity contribution in [1.82, 2.24) is 4.90 Å². The third kappa shape index (κ3) is 2.16. The van der Waals surface area contributed by atoms with Crippen LogP contribution < -0.4 is 5.73 Å². The molecule has 0 aliphatic carbocycles. The topological polar surface area (TPSA) is 83.6 Å². The number of carbonyl (C=O) groups is 2. The molecule has 1 fully saturated rings. The largest absolute Gasteiger partial charge is 0.508 e. The van der Waals surface area contributed by atoms with Crippen molar-refractivity contribution in [1.29, 1.82) is 0 Å². The highest BCUT2D eigenvalue weighted by Gasteiger charge is 2.33. The van der Waals surface area contributed by atoms with Crippen molar-refractivity contribution in [2.45, 2.75) is 25.8 Å². The molecule has 0 aromatic heterocycles. The number of nitrogens with zero attached hydrogens (tertiary/aromatic N) is 1. The summed E-state index contributed by atoms with van der Waals surface area (Å²) in [6.45, 7) is 2.30. The zero-order valence-corrected chi connectivity index (χ0v) is 10.2. The van der Waals surface area contributed by atoms with Crippen LogP contribution in [0.2, 0.25) is 0 Å². The fraction of sp³-hybridized carbons (Fsp3) is 0.385. The van der Waals surface area contributed by atoms with Gasteiger partial charge in [0.15, 0.2) is 0 Å². The lowest BCUT2D eigenvalue weighted by molar-refractivity contribution is -0.121. The molecule has 0 spiro atoms. The number of rotatable bonds is 2. The summed E-state index contributed by atoms with van der Waals surface area (Å²) in [6, 6.07) is 4.06. The Morgan fingerprint density at radius 2 is 2.17 bits per heavy atom. The van der Waals surface area contributed by atoms with Crippen LogP contribution in [-0.4, -0.2) is 34.4 Å². The van der Waals surface area contributed by atoms with Crippen LogP contribution >= 0.6 is 0 Å². The number of phenolic OH excluding ortho intramolecular Hbond substituents is 1. The molecule has 1 saturated heterocycles. The van der Waals surface area contributed by atoms with Crippen molar-refractivity contribution in [3.05, 3.63) is 29.3 Å². The quantitative estimate of drug-likeness (QED) is 0.811. The molecule has 5 heteroatoms. The predicted molar refractivity (Wildman–Crippen MR) is 66.1 cm³/mol. The molecule has 0 radical (unpaired) electrons. The van der Waals surface area contributed by atoms with Crippen molar-refractivity contribution < 1.29 is 14.7 Å². The summed E-state index contributed by atoms with van der Waals surface area (Å²) in [4.78, 5) is 25.1. The first-order chi connectivity index (χ1) is 8.50. The fourth-order valence-electron chi connectivity index (χ4n) is 2.35. The van der Waals surface area contributed by atoms with E-state index < -0.39 is 11.9 Å². The molecule has 1 aromatic rings. The highest BCUT2D eigenvalue weighted by Crippen LogP contribution is 2.23. The lowest BCUT2D eigenvalue weighted by Crippen LogP contribution is -2.43. The molecular formula is C13H16N2O3. The molecule has 96 valence electrons. The molecule has 1 heterocycles. The number of hydrogen-bond acceptors (Lipinski definition) is 3. The van der Waals surface area contributed by atoms with Crippen molar-refractivity contribution in [2.24, 2.45) is 5.73 Å². The maximum Gasteiger partial charge on any atom is 0.254 e. The number of aryl methyl sites for hydroxylation is 1. The van der Waals surface area contributed by atoms with E-state index in [4.69, 9.17) is 5.73 Å². The van der Waals surface area contributed by atoms with Gasteiger partial charge in [-0.15, -0.1) is 0 Å². The molecule has 18 heavy (non-hydrogen) atoms. The van der Waals surface area contributed by atoms with E-state index in [0.717, 1.165) is 6.42 Å². The molecule has 2 amide bonds. The van der Waals surface area contributed by atoms with Gasteiger partial charge in [0.1, 0.15) is 11.8 Å². The summed E-state index contributed by atoms with van der Waals surface area (Å²) in [7, 11) is 0. The van der Waals surface area contributed by atoms with E-state index in [-0.39, 0.29) is 11.7 Å². The number of nitrogens with two attached hydrogens (primary N) is 1. The summed E-state index contributed by atoms with van der Waals surface area (Å²) >= 11 is 0. The number of benzene rings is 1. The van der Waals surface area contributed by atoms with Gasteiger partial charge in [0.25, 0.3) is 5.91 Å². The number of hydrogen-bond donors (Lipinski definition) is 2. The molecule has 1 unspecified atom stereocenters. The Kier molecular flexibility index (Phi) is 3.23. The molecule has 1 atom stereocenters. The smallest absolute Gasteiger partial charge is 0.254 e. The molecule has 2 rings (SSSR count). The molecule has 5 nitrogen and oxygen atoms in total. The number of primary amides is 1. The average Bonchev–Trinajstić information content (AvgIpc) is 2.77. The van der Waals surface area contributed by atoms with Gasteiger partial charge in [-0.1, -0.05) is 0 Å². The van der Waals surface area contributed by atoms with E-state index in [1.807, 2.05) is 0 Å². The van der Waals surface area contributed by atoms with Crippen LogP contribution in [0.3, 0.4) is 0 Å². The second kappa shape index (κ2) is 4.68. The van der Waals surface area contributed by atoms with E-state index in [1.165, 1.54) is 17.0 Å². The Morgan fingerprint density at radius 3 is 2.78 bits per heavy atom. The van der Waals surface area contributed by atoms with E-state index in [0.29, 0.717) is 24.1 Å². The van der Waals surface area contributed by atoms with Crippen LogP contribution in [0.5, 0.6) is 5.75 Å². The summed E-state index contributed by atoms with van der Waals surface area (Å²) in [5.41, 5.74) is 6.48. The lowest BCUT2D eigenvalue weighted by Gasteiger charge is -2.23. The Labute approximate surface area is 105 Å². The van der Waals surface area contributed by atoms with Crippen molar-refractivity contribution >= 4 is 11.8 Å². The molecule has 1 aliphatic rings. The molecule has 1 aromatic carbocycles. The number of phenols is 1. The maximum atomic E-state index is 12.3. The molecular weight excluding hydrogens is 232 g/mol. The zero-order valence-electron chi connectivity index (χ0n) is 10.2. The highest BCUT2D eigenvalue weighted by molar-refractivity contribution is 5.98. The minimum absolute atomic E-state index is 0.122. The van der Waals surface area contributed by atoms with Crippen molar-refractivity contribution in [3.63, 3.8) is 0 Å². The SMILES string of the molecule is Cc1cc(O)ccc1C(=O)N1CCCC1C(N)=O. The summed E-state index contributed by atoms with van der Waals surface area (Å²) in [6.07, 6.45) is 1.41. The monoisotopic (exact) mass is 248 g/mol. The molecule has 1 aliphatic heterocycles. The van der Waals surface area contributed by atoms with Gasteiger partial charge in [-0.05, 0) is 43.5 Å². The molecule has 0 saturated carbocycles. The Morgan fingerprint density at radius 1 is 1.44 bits per heavy atom. The van der Waals surface area contributed by atoms with E-state index in [2.05, 4.69) is 0 Å². The van der Waals surface area contributed by atoms with Crippen LogP contribution in [0.1, 0.15) is 28.8 Å². The summed E-state index contributed by atoms with van der Waals surface area (Å²) in [5, 5.41) is 9.33. The van der Waals surface area contributed by atoms with Gasteiger partial charge in [0.2, 0.25) is 5.91 Å². The highest BCUT2D eigenvalue weighted by atomic mass is 16.3. The van der Waals surface area contributed by atoms with Gasteiger partial charge >= 0.3 is 0 Å². The summed E-state index contributed by atoms with van der Waals surface area (Å²) < 4.78 is 0. The van der Waals surface area contributed by atoms with Crippen molar-refractivity contribution in [2.75, 3.05) is 6.54 Å². The minimum Gasteiger partial charge on any atom is -0.508 e. The van der Waals surface area contributed by atoms with Crippen LogP contribution in [0.25, 0.3) is 0 Å². The van der Waals surface area contributed by atoms with Gasteiger partial charge in [-0.2, -0.15) is 0 Å². The first kappa shape index (κ1) is 12.4. The van der Waals surface area contributed by atoms with E-state index >= 15 is 0 Å². The van der Waals surface area contributed by atoms with Crippen LogP contribution in [0, 0.1) is 6.92 Å². The maximum absolute atomic E-state index is 12.3. The van der Waals surface area contributed by atoms with E-state index in [1.54, 1.807) is 13.0 Å². The van der Waals surface area contributed by atoms with Gasteiger partial charge in [0, 0.05) is 12.1 Å².